The molecule has 10 heteroatoms. The first-order valence-corrected chi connectivity index (χ1v) is 23.0. The molecule has 8 aliphatic heterocycles. The summed E-state index contributed by atoms with van der Waals surface area (Å²) in [5.41, 5.74) is 3.52. The third-order valence-corrected chi connectivity index (χ3v) is 21.5. The van der Waals surface area contributed by atoms with E-state index >= 15 is 0 Å². The molecule has 0 amide bonds. The van der Waals surface area contributed by atoms with Gasteiger partial charge in [0.15, 0.2) is 0 Å². The Hall–Kier alpha value is -2.08. The number of fused-ring (bicyclic) bond motifs is 8. The normalized spacial score (nSPS) is 62.6. The van der Waals surface area contributed by atoms with Gasteiger partial charge in [0, 0.05) is 44.8 Å². The summed E-state index contributed by atoms with van der Waals surface area (Å²) < 4.78 is 51.1. The third-order valence-electron chi connectivity index (χ3n) is 21.5. The molecule has 0 aromatic rings. The Morgan fingerprint density at radius 2 is 1.22 bits per heavy atom. The minimum Gasteiger partial charge on any atom is -0.458 e. The summed E-state index contributed by atoms with van der Waals surface area (Å²) in [4.78, 5) is 24.9. The summed E-state index contributed by atoms with van der Waals surface area (Å²) in [5.74, 6) is 2.02. The zero-order valence-electron chi connectivity index (χ0n) is 36.4. The lowest BCUT2D eigenvalue weighted by Gasteiger charge is -2.62. The van der Waals surface area contributed by atoms with E-state index in [2.05, 4.69) is 89.2 Å². The fourth-order valence-electron chi connectivity index (χ4n) is 18.1. The first kappa shape index (κ1) is 36.6. The van der Waals surface area contributed by atoms with Crippen LogP contribution in [0.1, 0.15) is 109 Å². The number of hydrogen-bond acceptors (Lipinski definition) is 10. The Bertz CT molecular complexity index is 2160. The summed E-state index contributed by atoms with van der Waals surface area (Å²) in [6.07, 6.45) is 7.13. The molecule has 314 valence electrons. The van der Waals surface area contributed by atoms with Crippen LogP contribution < -0.4 is 0 Å². The molecule has 0 radical (unpaired) electrons. The number of cyclic esters (lactones) is 2. The Labute approximate surface area is 342 Å². The van der Waals surface area contributed by atoms with Crippen LogP contribution in [0.3, 0.4) is 0 Å². The molecule has 6 aliphatic carbocycles. The van der Waals surface area contributed by atoms with Crippen LogP contribution in [0.4, 0.5) is 0 Å². The van der Waals surface area contributed by atoms with Crippen LogP contribution in [0.25, 0.3) is 0 Å². The van der Waals surface area contributed by atoms with Gasteiger partial charge in [0.25, 0.3) is 0 Å². The molecule has 0 aromatic carbocycles. The van der Waals surface area contributed by atoms with E-state index in [1.807, 2.05) is 0 Å². The lowest BCUT2D eigenvalue weighted by Crippen LogP contribution is -2.71. The minimum absolute atomic E-state index is 0.0551. The van der Waals surface area contributed by atoms with Gasteiger partial charge >= 0.3 is 11.9 Å². The van der Waals surface area contributed by atoms with E-state index in [4.69, 9.17) is 37.9 Å². The van der Waals surface area contributed by atoms with Crippen LogP contribution in [0.2, 0.25) is 0 Å². The van der Waals surface area contributed by atoms with Crippen LogP contribution in [0.5, 0.6) is 0 Å². The summed E-state index contributed by atoms with van der Waals surface area (Å²) in [6.45, 7) is 28.5. The van der Waals surface area contributed by atoms with E-state index in [0.717, 1.165) is 42.4 Å². The molecule has 3 saturated carbocycles. The lowest BCUT2D eigenvalue weighted by molar-refractivity contribution is -0.137. The molecule has 9 fully saturated rings. The predicted molar refractivity (Wildman–Crippen MR) is 208 cm³/mol. The fourth-order valence-corrected chi connectivity index (χ4v) is 18.1. The second-order valence-corrected chi connectivity index (χ2v) is 22.4. The molecule has 4 spiro atoms. The second-order valence-electron chi connectivity index (χ2n) is 22.4. The van der Waals surface area contributed by atoms with Crippen LogP contribution in [-0.4, -0.2) is 95.4 Å². The molecular weight excluding hydrogens is 737 g/mol. The number of hydrogen-bond donors (Lipinski definition) is 0. The maximum Gasteiger partial charge on any atom is 0.335 e. The number of esters is 2. The van der Waals surface area contributed by atoms with E-state index in [0.29, 0.717) is 42.8 Å². The third kappa shape index (κ3) is 3.15. The Kier molecular flexibility index (Phi) is 6.25. The monoisotopic (exact) mass is 798 g/mol. The van der Waals surface area contributed by atoms with Crippen molar-refractivity contribution in [2.24, 2.45) is 57.7 Å². The topological polar surface area (TPSA) is 128 Å². The zero-order valence-corrected chi connectivity index (χ0v) is 36.4. The highest BCUT2D eigenvalue weighted by Crippen LogP contribution is 2.88. The van der Waals surface area contributed by atoms with Crippen molar-refractivity contribution in [1.82, 2.24) is 0 Å². The van der Waals surface area contributed by atoms with Gasteiger partial charge in [-0.15, -0.1) is 0 Å². The number of carbonyl (C=O) groups is 2. The smallest absolute Gasteiger partial charge is 0.335 e. The summed E-state index contributed by atoms with van der Waals surface area (Å²) >= 11 is 0. The van der Waals surface area contributed by atoms with Crippen molar-refractivity contribution in [1.29, 1.82) is 0 Å². The standard InChI is InChI=1S/C25H34O5.C23H28O5/c1-8-12(3)23-14(5)24-17(29-24)13(4)22(7)15-10-27-20(26)16(15)11(2)9-21(22,6)25(24)19(30-25)18(23)28-23;1-6-11(3)21-12(4)22-15(26-22)7-14-13-9-25-19(24)16(13)10(2)8-20(14,5)23(22)18(28-23)17(21)27-21/h11-14,17-19H,8-10H2,1-7H3;7,10-12,15,17-18H,6,8-9H2,1-5H3/t11?,12?,13?,14?,17-,18-,19-,21-,22?,23+,24-,25+;10?,11?,12?,15-,17-,18-,20-,21+,22-,23+/m00/s1. The van der Waals surface area contributed by atoms with Gasteiger partial charge in [-0.2, -0.15) is 0 Å². The van der Waals surface area contributed by atoms with Gasteiger partial charge in [-0.3, -0.25) is 0 Å². The van der Waals surface area contributed by atoms with Crippen LogP contribution in [-0.2, 0) is 47.5 Å². The molecule has 0 bridgehead atoms. The van der Waals surface area contributed by atoms with Crippen molar-refractivity contribution in [3.05, 3.63) is 33.9 Å². The fraction of sp³-hybridized carbons (Fsp3) is 0.833. The molecule has 0 aromatic heterocycles. The van der Waals surface area contributed by atoms with Crippen LogP contribution >= 0.6 is 0 Å². The van der Waals surface area contributed by atoms with Gasteiger partial charge in [-0.25, -0.2) is 9.59 Å². The highest BCUT2D eigenvalue weighted by Gasteiger charge is 3.02. The molecule has 14 rings (SSSR count). The minimum atomic E-state index is -0.329. The summed E-state index contributed by atoms with van der Waals surface area (Å²) in [6, 6.07) is 0. The average Bonchev–Trinajstić information content (AvgIpc) is 3.94. The van der Waals surface area contributed by atoms with Crippen LogP contribution in [0.15, 0.2) is 33.9 Å². The van der Waals surface area contributed by atoms with Gasteiger partial charge in [0.2, 0.25) is 0 Å². The quantitative estimate of drug-likeness (QED) is 0.227. The molecule has 10 nitrogen and oxygen atoms in total. The van der Waals surface area contributed by atoms with Crippen molar-refractivity contribution in [2.45, 2.75) is 179 Å². The first-order chi connectivity index (χ1) is 27.4. The summed E-state index contributed by atoms with van der Waals surface area (Å²) in [5, 5.41) is 0. The van der Waals surface area contributed by atoms with E-state index in [1.165, 1.54) is 11.1 Å². The van der Waals surface area contributed by atoms with Gasteiger partial charge in [0.05, 0.1) is 6.10 Å². The van der Waals surface area contributed by atoms with Gasteiger partial charge in [-0.05, 0) is 59.7 Å². The number of rotatable bonds is 4. The Balaban J connectivity index is 0.000000121. The number of ether oxygens (including phenoxy) is 8. The van der Waals surface area contributed by atoms with Gasteiger partial charge in [-0.1, -0.05) is 95.9 Å². The largest absolute Gasteiger partial charge is 0.458 e. The van der Waals surface area contributed by atoms with Gasteiger partial charge in [0.1, 0.15) is 77.3 Å². The van der Waals surface area contributed by atoms with E-state index < -0.39 is 0 Å². The molecule has 8 unspecified atom stereocenters. The molecule has 22 atom stereocenters. The van der Waals surface area contributed by atoms with Crippen molar-refractivity contribution >= 4 is 11.9 Å². The van der Waals surface area contributed by atoms with E-state index in [9.17, 15) is 9.59 Å². The molecule has 8 heterocycles. The van der Waals surface area contributed by atoms with E-state index in [1.54, 1.807) is 0 Å². The molecule has 0 N–H and O–H groups in total. The lowest BCUT2D eigenvalue weighted by atomic mass is 9.37. The first-order valence-electron chi connectivity index (χ1n) is 23.0. The Morgan fingerprint density at radius 1 is 0.655 bits per heavy atom. The maximum atomic E-state index is 12.6. The predicted octanol–water partition coefficient (Wildman–Crippen LogP) is 6.59. The SMILES string of the molecule is CCC(C)[C@]12O[C@H]1[C@@H]1O[C@@]13[C@@]1(C)CC(C)C4=C(COC4=O)C1(C)C(C)[C@@H]1O[C@@]13C2C.CCC(C)[C@]12O[C@H]1[C@@H]1O[C@@]13[C@@]1(C)CC(C)C4=C(COC4=O)C1=C[C@@H]1O[C@@]13C2C. The molecule has 14 aliphatic rings. The molecule has 6 saturated heterocycles. The molecule has 58 heavy (non-hydrogen) atoms. The second kappa shape index (κ2) is 9.91. The maximum absolute atomic E-state index is 12.6. The Morgan fingerprint density at radius 3 is 1.88 bits per heavy atom. The van der Waals surface area contributed by atoms with Crippen molar-refractivity contribution < 1.29 is 47.5 Å². The van der Waals surface area contributed by atoms with Crippen LogP contribution in [0, 0.1) is 57.7 Å². The number of carbonyl (C=O) groups excluding carboxylic acids is 2. The highest BCUT2D eigenvalue weighted by atomic mass is 16.7. The van der Waals surface area contributed by atoms with Crippen molar-refractivity contribution in [3.8, 4) is 0 Å². The summed E-state index contributed by atoms with van der Waals surface area (Å²) in [7, 11) is 0. The van der Waals surface area contributed by atoms with Crippen molar-refractivity contribution in [2.75, 3.05) is 13.2 Å². The zero-order chi connectivity index (χ0) is 40.7. The average molecular weight is 799 g/mol. The number of epoxide rings is 6. The highest BCUT2D eigenvalue weighted by molar-refractivity contribution is 5.95. The van der Waals surface area contributed by atoms with Gasteiger partial charge < -0.3 is 37.9 Å². The van der Waals surface area contributed by atoms with Crippen molar-refractivity contribution in [3.63, 3.8) is 0 Å². The van der Waals surface area contributed by atoms with E-state index in [-0.39, 0.29) is 110 Å². The molecular formula is C48H62O10.